The number of furan rings is 1. The number of ketones is 1. The summed E-state index contributed by atoms with van der Waals surface area (Å²) in [6.07, 6.45) is 3.01. The van der Waals surface area contributed by atoms with E-state index < -0.39 is 0 Å². The lowest BCUT2D eigenvalue weighted by molar-refractivity contribution is 0.103. The van der Waals surface area contributed by atoms with E-state index in [4.69, 9.17) is 4.42 Å². The number of H-pyrrole nitrogens is 1. The number of rotatable bonds is 2. The Morgan fingerprint density at radius 1 is 1.28 bits per heavy atom. The summed E-state index contributed by atoms with van der Waals surface area (Å²) in [5.41, 5.74) is 1.53. The van der Waals surface area contributed by atoms with Gasteiger partial charge in [0, 0.05) is 22.7 Å². The Morgan fingerprint density at radius 2 is 2.11 bits per heavy atom. The zero-order valence-corrected chi connectivity index (χ0v) is 10.6. The number of hydrogen-bond donors (Lipinski definition) is 1. The van der Waals surface area contributed by atoms with Gasteiger partial charge in [-0.2, -0.15) is 0 Å². The van der Waals surface area contributed by atoms with E-state index in [0.717, 1.165) is 0 Å². The minimum absolute atomic E-state index is 0.173. The quantitative estimate of drug-likeness (QED) is 0.730. The Balaban J connectivity index is 2.16. The van der Waals surface area contributed by atoms with Gasteiger partial charge in [-0.15, -0.1) is 0 Å². The summed E-state index contributed by atoms with van der Waals surface area (Å²) < 4.78 is 18.5. The topological polar surface area (TPSA) is 46.0 Å². The van der Waals surface area contributed by atoms with Crippen LogP contribution < -0.4 is 0 Å². The van der Waals surface area contributed by atoms with Gasteiger partial charge in [0.1, 0.15) is 5.82 Å². The molecule has 1 aromatic carbocycles. The molecule has 0 bridgehead atoms. The molecule has 3 nitrogen and oxygen atoms in total. The molecule has 18 heavy (non-hydrogen) atoms. The van der Waals surface area contributed by atoms with Crippen LogP contribution in [0, 0.1) is 5.82 Å². The Hall–Kier alpha value is -1.88. The van der Waals surface area contributed by atoms with Crippen molar-refractivity contribution in [3.8, 4) is 0 Å². The van der Waals surface area contributed by atoms with Gasteiger partial charge in [-0.05, 0) is 40.2 Å². The van der Waals surface area contributed by atoms with E-state index in [9.17, 15) is 9.18 Å². The van der Waals surface area contributed by atoms with E-state index in [0.29, 0.717) is 26.7 Å². The smallest absolute Gasteiger partial charge is 0.199 e. The molecule has 1 N–H and O–H groups in total. The lowest BCUT2D eigenvalue weighted by Crippen LogP contribution is -1.99. The van der Waals surface area contributed by atoms with Crippen LogP contribution in [0.3, 0.4) is 0 Å². The zero-order valence-electron chi connectivity index (χ0n) is 9.04. The van der Waals surface area contributed by atoms with Crippen LogP contribution in [0.5, 0.6) is 0 Å². The largest absolute Gasteiger partial charge is 0.457 e. The van der Waals surface area contributed by atoms with Crippen molar-refractivity contribution in [1.82, 2.24) is 4.98 Å². The molecule has 0 fully saturated rings. The summed E-state index contributed by atoms with van der Waals surface area (Å²) in [5.74, 6) is -0.513. The molecule has 0 atom stereocenters. The summed E-state index contributed by atoms with van der Waals surface area (Å²) >= 11 is 3.17. The Labute approximate surface area is 110 Å². The van der Waals surface area contributed by atoms with E-state index in [1.54, 1.807) is 18.3 Å². The Kier molecular flexibility index (Phi) is 2.56. The van der Waals surface area contributed by atoms with Crippen molar-refractivity contribution in [2.24, 2.45) is 0 Å². The number of hydrogen-bond acceptors (Lipinski definition) is 2. The van der Waals surface area contributed by atoms with Crippen molar-refractivity contribution in [2.75, 3.05) is 0 Å². The Bertz CT molecular complexity index is 744. The van der Waals surface area contributed by atoms with Crippen LogP contribution in [0.2, 0.25) is 0 Å². The first-order chi connectivity index (χ1) is 8.66. The molecule has 2 aromatic heterocycles. The average molecular weight is 308 g/mol. The first-order valence-corrected chi connectivity index (χ1v) is 6.00. The molecule has 5 heteroatoms. The van der Waals surface area contributed by atoms with E-state index >= 15 is 0 Å². The Morgan fingerprint density at radius 3 is 2.83 bits per heavy atom. The monoisotopic (exact) mass is 307 g/mol. The number of halogens is 2. The van der Waals surface area contributed by atoms with E-state index in [-0.39, 0.29) is 11.6 Å². The summed E-state index contributed by atoms with van der Waals surface area (Å²) in [7, 11) is 0. The second kappa shape index (κ2) is 4.10. The third kappa shape index (κ3) is 1.67. The van der Waals surface area contributed by atoms with Crippen molar-refractivity contribution < 1.29 is 13.6 Å². The molecule has 0 spiro atoms. The maximum absolute atomic E-state index is 13.1. The lowest BCUT2D eigenvalue weighted by Gasteiger charge is -1.97. The molecule has 0 aliphatic heterocycles. The normalized spacial score (nSPS) is 11.0. The van der Waals surface area contributed by atoms with Gasteiger partial charge < -0.3 is 9.40 Å². The number of fused-ring (bicyclic) bond motifs is 1. The van der Waals surface area contributed by atoms with Gasteiger partial charge in [0.25, 0.3) is 0 Å². The zero-order chi connectivity index (χ0) is 12.7. The molecule has 0 aliphatic rings. The standard InChI is InChI=1S/C13H7BrFNO2/c14-13-9(3-4-18-13)12(17)10-6-16-11-5-7(15)1-2-8(10)11/h1-6,16H. The van der Waals surface area contributed by atoms with Crippen LogP contribution in [0.15, 0.2) is 45.8 Å². The number of carbonyl (C=O) groups excluding carboxylic acids is 1. The van der Waals surface area contributed by atoms with Crippen molar-refractivity contribution in [3.05, 3.63) is 58.3 Å². The fraction of sp³-hybridized carbons (Fsp3) is 0. The van der Waals surface area contributed by atoms with Crippen LogP contribution in [0.4, 0.5) is 4.39 Å². The lowest BCUT2D eigenvalue weighted by atomic mass is 10.1. The second-order valence-electron chi connectivity index (χ2n) is 3.83. The fourth-order valence-corrected chi connectivity index (χ4v) is 2.31. The van der Waals surface area contributed by atoms with E-state index in [1.807, 2.05) is 0 Å². The van der Waals surface area contributed by atoms with Crippen LogP contribution in [0.1, 0.15) is 15.9 Å². The first kappa shape index (κ1) is 11.2. The third-order valence-corrected chi connectivity index (χ3v) is 3.37. The highest BCUT2D eigenvalue weighted by Crippen LogP contribution is 2.25. The fourth-order valence-electron chi connectivity index (χ4n) is 1.89. The van der Waals surface area contributed by atoms with Crippen LogP contribution in [-0.2, 0) is 0 Å². The van der Waals surface area contributed by atoms with Crippen molar-refractivity contribution in [2.45, 2.75) is 0 Å². The van der Waals surface area contributed by atoms with E-state index in [1.165, 1.54) is 18.4 Å². The molecule has 0 radical (unpaired) electrons. The average Bonchev–Trinajstić information content (AvgIpc) is 2.94. The van der Waals surface area contributed by atoms with Gasteiger partial charge in [0.05, 0.1) is 11.8 Å². The van der Waals surface area contributed by atoms with Gasteiger partial charge in [-0.1, -0.05) is 0 Å². The second-order valence-corrected chi connectivity index (χ2v) is 4.55. The van der Waals surface area contributed by atoms with Crippen LogP contribution >= 0.6 is 15.9 Å². The number of benzene rings is 1. The molecule has 0 unspecified atom stereocenters. The molecule has 90 valence electrons. The molecule has 0 aliphatic carbocycles. The highest BCUT2D eigenvalue weighted by atomic mass is 79.9. The van der Waals surface area contributed by atoms with Gasteiger partial charge in [0.15, 0.2) is 10.5 Å². The molecular weight excluding hydrogens is 301 g/mol. The molecular formula is C13H7BrFNO2. The summed E-state index contributed by atoms with van der Waals surface area (Å²) in [6, 6.07) is 5.87. The maximum Gasteiger partial charge on any atom is 0.199 e. The molecule has 0 amide bonds. The van der Waals surface area contributed by atoms with Crippen molar-refractivity contribution in [1.29, 1.82) is 0 Å². The molecule has 3 aromatic rings. The molecule has 0 saturated carbocycles. The molecule has 2 heterocycles. The van der Waals surface area contributed by atoms with Crippen LogP contribution in [0.25, 0.3) is 10.9 Å². The highest BCUT2D eigenvalue weighted by Gasteiger charge is 2.18. The van der Waals surface area contributed by atoms with Gasteiger partial charge >= 0.3 is 0 Å². The van der Waals surface area contributed by atoms with Crippen LogP contribution in [-0.4, -0.2) is 10.8 Å². The number of nitrogens with one attached hydrogen (secondary N) is 1. The summed E-state index contributed by atoms with van der Waals surface area (Å²) in [5, 5.41) is 0.689. The summed E-state index contributed by atoms with van der Waals surface area (Å²) in [6.45, 7) is 0. The predicted octanol–water partition coefficient (Wildman–Crippen LogP) is 3.89. The minimum Gasteiger partial charge on any atom is -0.457 e. The SMILES string of the molecule is O=C(c1ccoc1Br)c1c[nH]c2cc(F)ccc12. The van der Waals surface area contributed by atoms with Crippen molar-refractivity contribution in [3.63, 3.8) is 0 Å². The number of carbonyl (C=O) groups is 1. The number of aromatic nitrogens is 1. The third-order valence-electron chi connectivity index (χ3n) is 2.75. The highest BCUT2D eigenvalue weighted by molar-refractivity contribution is 9.10. The first-order valence-electron chi connectivity index (χ1n) is 5.21. The van der Waals surface area contributed by atoms with Gasteiger partial charge in [-0.3, -0.25) is 4.79 Å². The van der Waals surface area contributed by atoms with Crippen molar-refractivity contribution >= 4 is 32.6 Å². The molecule has 0 saturated heterocycles. The molecule has 3 rings (SSSR count). The van der Waals surface area contributed by atoms with Gasteiger partial charge in [-0.25, -0.2) is 4.39 Å². The predicted molar refractivity (Wildman–Crippen MR) is 68.1 cm³/mol. The number of aromatic amines is 1. The van der Waals surface area contributed by atoms with E-state index in [2.05, 4.69) is 20.9 Å². The van der Waals surface area contributed by atoms with Gasteiger partial charge in [0.2, 0.25) is 0 Å². The maximum atomic E-state index is 13.1. The summed E-state index contributed by atoms with van der Waals surface area (Å²) in [4.78, 5) is 15.2. The minimum atomic E-state index is -0.340.